The van der Waals surface area contributed by atoms with E-state index in [1.807, 2.05) is 0 Å². The van der Waals surface area contributed by atoms with Crippen molar-refractivity contribution in [2.45, 2.75) is 19.4 Å². The van der Waals surface area contributed by atoms with E-state index in [0.717, 1.165) is 6.42 Å². The summed E-state index contributed by atoms with van der Waals surface area (Å²) in [7, 11) is 0. The summed E-state index contributed by atoms with van der Waals surface area (Å²) < 4.78 is 5.65. The highest BCUT2D eigenvalue weighted by Crippen LogP contribution is 2.15. The maximum atomic E-state index is 11.8. The molecule has 7 heteroatoms. The Bertz CT molecular complexity index is 452. The van der Waals surface area contributed by atoms with Gasteiger partial charge in [0.25, 0.3) is 0 Å². The van der Waals surface area contributed by atoms with Crippen LogP contribution in [0.5, 0.6) is 5.88 Å². The van der Waals surface area contributed by atoms with Gasteiger partial charge < -0.3 is 15.0 Å². The standard InChI is InChI=1S/C12H16N4O3/c1-9(17)14-6-12(18)16-5-3-10(7-16)19-11-2-4-13-8-15-11/h2,4,8,10H,3,5-7H2,1H3,(H,14,17)/t10-/m1/s1. The maximum absolute atomic E-state index is 11.8. The molecule has 7 nitrogen and oxygen atoms in total. The zero-order valence-corrected chi connectivity index (χ0v) is 10.7. The van der Waals surface area contributed by atoms with Crippen molar-refractivity contribution in [2.75, 3.05) is 19.6 Å². The predicted molar refractivity (Wildman–Crippen MR) is 66.3 cm³/mol. The lowest BCUT2D eigenvalue weighted by Crippen LogP contribution is -2.39. The van der Waals surface area contributed by atoms with Gasteiger partial charge in [0, 0.05) is 32.2 Å². The first kappa shape index (κ1) is 13.3. The fourth-order valence-electron chi connectivity index (χ4n) is 1.88. The van der Waals surface area contributed by atoms with Gasteiger partial charge in [0.15, 0.2) is 0 Å². The number of amides is 2. The summed E-state index contributed by atoms with van der Waals surface area (Å²) in [5, 5.41) is 2.50. The molecular formula is C12H16N4O3. The van der Waals surface area contributed by atoms with Crippen molar-refractivity contribution in [3.8, 4) is 5.88 Å². The molecule has 1 saturated heterocycles. The van der Waals surface area contributed by atoms with Crippen molar-refractivity contribution in [1.29, 1.82) is 0 Å². The number of nitrogens with zero attached hydrogens (tertiary/aromatic N) is 3. The van der Waals surface area contributed by atoms with Crippen molar-refractivity contribution >= 4 is 11.8 Å². The largest absolute Gasteiger partial charge is 0.472 e. The molecule has 0 saturated carbocycles. The second-order valence-electron chi connectivity index (χ2n) is 4.33. The second-order valence-corrected chi connectivity index (χ2v) is 4.33. The van der Waals surface area contributed by atoms with Gasteiger partial charge in [-0.25, -0.2) is 9.97 Å². The maximum Gasteiger partial charge on any atom is 0.242 e. The Labute approximate surface area is 111 Å². The van der Waals surface area contributed by atoms with Gasteiger partial charge in [-0.1, -0.05) is 0 Å². The summed E-state index contributed by atoms with van der Waals surface area (Å²) in [5.74, 6) is 0.210. The molecule has 2 heterocycles. The van der Waals surface area contributed by atoms with Gasteiger partial charge in [-0.2, -0.15) is 0 Å². The third kappa shape index (κ3) is 3.90. The van der Waals surface area contributed by atoms with E-state index in [2.05, 4.69) is 15.3 Å². The molecule has 0 unspecified atom stereocenters. The number of carbonyl (C=O) groups is 2. The molecule has 2 amide bonds. The normalized spacial score (nSPS) is 18.2. The predicted octanol–water partition coefficient (Wildman–Crippen LogP) is -0.408. The van der Waals surface area contributed by atoms with Gasteiger partial charge in [0.2, 0.25) is 17.7 Å². The molecule has 102 valence electrons. The molecule has 1 aromatic heterocycles. The number of ether oxygens (including phenoxy) is 1. The SMILES string of the molecule is CC(=O)NCC(=O)N1CC[C@@H](Oc2ccncn2)C1. The lowest BCUT2D eigenvalue weighted by molar-refractivity contribution is -0.131. The molecular weight excluding hydrogens is 248 g/mol. The molecule has 0 bridgehead atoms. The Morgan fingerprint density at radius 3 is 3.11 bits per heavy atom. The molecule has 19 heavy (non-hydrogen) atoms. The van der Waals surface area contributed by atoms with E-state index in [1.165, 1.54) is 13.3 Å². The molecule has 1 aliphatic rings. The highest BCUT2D eigenvalue weighted by Gasteiger charge is 2.27. The van der Waals surface area contributed by atoms with Crippen molar-refractivity contribution < 1.29 is 14.3 Å². The molecule has 0 spiro atoms. The summed E-state index contributed by atoms with van der Waals surface area (Å²) in [4.78, 5) is 32.0. The van der Waals surface area contributed by atoms with E-state index in [9.17, 15) is 9.59 Å². The van der Waals surface area contributed by atoms with Gasteiger partial charge >= 0.3 is 0 Å². The molecule has 1 aromatic rings. The Hall–Kier alpha value is -2.18. The lowest BCUT2D eigenvalue weighted by Gasteiger charge is -2.16. The Balaban J connectivity index is 1.80. The monoisotopic (exact) mass is 264 g/mol. The Kier molecular flexibility index (Phi) is 4.27. The van der Waals surface area contributed by atoms with Gasteiger partial charge in [-0.05, 0) is 0 Å². The van der Waals surface area contributed by atoms with E-state index in [1.54, 1.807) is 17.2 Å². The molecule has 1 N–H and O–H groups in total. The van der Waals surface area contributed by atoms with E-state index >= 15 is 0 Å². The first-order valence-electron chi connectivity index (χ1n) is 6.10. The van der Waals surface area contributed by atoms with Gasteiger partial charge in [-0.3, -0.25) is 9.59 Å². The van der Waals surface area contributed by atoms with E-state index < -0.39 is 0 Å². The minimum absolute atomic E-state index is 0.0373. The average Bonchev–Trinajstić information content (AvgIpc) is 2.85. The number of rotatable bonds is 4. The van der Waals surface area contributed by atoms with Crippen LogP contribution in [0, 0.1) is 0 Å². The summed E-state index contributed by atoms with van der Waals surface area (Å²) in [5.41, 5.74) is 0. The zero-order valence-electron chi connectivity index (χ0n) is 10.7. The van der Waals surface area contributed by atoms with Gasteiger partial charge in [0.05, 0.1) is 13.1 Å². The number of hydrogen-bond donors (Lipinski definition) is 1. The first-order valence-corrected chi connectivity index (χ1v) is 6.10. The average molecular weight is 264 g/mol. The van der Waals surface area contributed by atoms with E-state index in [-0.39, 0.29) is 24.5 Å². The topological polar surface area (TPSA) is 84.4 Å². The number of aromatic nitrogens is 2. The van der Waals surface area contributed by atoms with Crippen LogP contribution in [0.3, 0.4) is 0 Å². The Morgan fingerprint density at radius 2 is 2.42 bits per heavy atom. The van der Waals surface area contributed by atoms with Crippen molar-refractivity contribution in [3.63, 3.8) is 0 Å². The molecule has 1 atom stereocenters. The van der Waals surface area contributed by atoms with Crippen LogP contribution >= 0.6 is 0 Å². The minimum atomic E-state index is -0.207. The van der Waals surface area contributed by atoms with Crippen molar-refractivity contribution in [1.82, 2.24) is 20.2 Å². The van der Waals surface area contributed by atoms with Crippen LogP contribution < -0.4 is 10.1 Å². The smallest absolute Gasteiger partial charge is 0.242 e. The number of hydrogen-bond acceptors (Lipinski definition) is 5. The first-order chi connectivity index (χ1) is 9.15. The summed E-state index contributed by atoms with van der Waals surface area (Å²) in [6.45, 7) is 2.57. The van der Waals surface area contributed by atoms with Gasteiger partial charge in [0.1, 0.15) is 12.4 Å². The summed E-state index contributed by atoms with van der Waals surface area (Å²) in [6, 6.07) is 1.68. The summed E-state index contributed by atoms with van der Waals surface area (Å²) in [6.07, 6.45) is 3.73. The Morgan fingerprint density at radius 1 is 1.58 bits per heavy atom. The van der Waals surface area contributed by atoms with Crippen LogP contribution in [0.15, 0.2) is 18.6 Å². The van der Waals surface area contributed by atoms with Crippen LogP contribution in [0.25, 0.3) is 0 Å². The molecule has 1 aliphatic heterocycles. The van der Waals surface area contributed by atoms with E-state index in [4.69, 9.17) is 4.74 Å². The van der Waals surface area contributed by atoms with Crippen LogP contribution in [-0.4, -0.2) is 52.4 Å². The number of nitrogens with one attached hydrogen (secondary N) is 1. The van der Waals surface area contributed by atoms with Crippen molar-refractivity contribution in [3.05, 3.63) is 18.6 Å². The molecule has 0 radical (unpaired) electrons. The van der Waals surface area contributed by atoms with Crippen LogP contribution in [0.4, 0.5) is 0 Å². The van der Waals surface area contributed by atoms with Crippen molar-refractivity contribution in [2.24, 2.45) is 0 Å². The molecule has 2 rings (SSSR count). The number of carbonyl (C=O) groups excluding carboxylic acids is 2. The quantitative estimate of drug-likeness (QED) is 0.799. The molecule has 0 aromatic carbocycles. The fourth-order valence-corrected chi connectivity index (χ4v) is 1.88. The fraction of sp³-hybridized carbons (Fsp3) is 0.500. The number of likely N-dealkylation sites (tertiary alicyclic amines) is 1. The minimum Gasteiger partial charge on any atom is -0.472 e. The summed E-state index contributed by atoms with van der Waals surface area (Å²) >= 11 is 0. The third-order valence-corrected chi connectivity index (χ3v) is 2.83. The highest BCUT2D eigenvalue weighted by molar-refractivity contribution is 5.83. The molecule has 0 aliphatic carbocycles. The second kappa shape index (κ2) is 6.12. The molecule has 1 fully saturated rings. The van der Waals surface area contributed by atoms with Crippen LogP contribution in [-0.2, 0) is 9.59 Å². The van der Waals surface area contributed by atoms with Crippen LogP contribution in [0.2, 0.25) is 0 Å². The van der Waals surface area contributed by atoms with Gasteiger partial charge in [-0.15, -0.1) is 0 Å². The van der Waals surface area contributed by atoms with Crippen LogP contribution in [0.1, 0.15) is 13.3 Å². The third-order valence-electron chi connectivity index (χ3n) is 2.83. The lowest BCUT2D eigenvalue weighted by atomic mass is 10.3. The van der Waals surface area contributed by atoms with E-state index in [0.29, 0.717) is 19.0 Å². The highest BCUT2D eigenvalue weighted by atomic mass is 16.5. The zero-order chi connectivity index (χ0) is 13.7.